The van der Waals surface area contributed by atoms with Gasteiger partial charge < -0.3 is 5.32 Å². The van der Waals surface area contributed by atoms with Gasteiger partial charge in [-0.3, -0.25) is 9.59 Å². The summed E-state index contributed by atoms with van der Waals surface area (Å²) in [5.41, 5.74) is 1.42. The van der Waals surface area contributed by atoms with E-state index in [0.717, 1.165) is 18.4 Å². The van der Waals surface area contributed by atoms with Crippen LogP contribution in [-0.4, -0.2) is 32.2 Å². The van der Waals surface area contributed by atoms with Crippen molar-refractivity contribution in [1.29, 1.82) is 0 Å². The highest BCUT2D eigenvalue weighted by Crippen LogP contribution is 2.20. The molecule has 1 aromatic carbocycles. The van der Waals surface area contributed by atoms with E-state index in [9.17, 15) is 9.59 Å². The van der Waals surface area contributed by atoms with Crippen molar-refractivity contribution in [2.75, 3.05) is 5.75 Å². The van der Waals surface area contributed by atoms with E-state index in [2.05, 4.69) is 15.3 Å². The molecule has 2 heterocycles. The van der Waals surface area contributed by atoms with Crippen molar-refractivity contribution < 1.29 is 4.79 Å². The van der Waals surface area contributed by atoms with Gasteiger partial charge in [-0.05, 0) is 43.5 Å². The Kier molecular flexibility index (Phi) is 6.46. The zero-order valence-corrected chi connectivity index (χ0v) is 17.1. The zero-order chi connectivity index (χ0) is 20.1. The molecule has 0 atom stereocenters. The van der Waals surface area contributed by atoms with Crippen LogP contribution in [0, 0.1) is 6.92 Å². The summed E-state index contributed by atoms with van der Waals surface area (Å²) in [7, 11) is 0. The fraction of sp³-hybridized carbons (Fsp3) is 0.333. The van der Waals surface area contributed by atoms with E-state index in [1.165, 1.54) is 16.3 Å². The third kappa shape index (κ3) is 4.42. The summed E-state index contributed by atoms with van der Waals surface area (Å²) in [5.74, 6) is 0.619. The van der Waals surface area contributed by atoms with Crippen molar-refractivity contribution in [2.24, 2.45) is 0 Å². The minimum Gasteiger partial charge on any atom is -0.353 e. The van der Waals surface area contributed by atoms with Crippen LogP contribution in [0.5, 0.6) is 0 Å². The molecule has 7 heteroatoms. The van der Waals surface area contributed by atoms with Crippen LogP contribution in [0.2, 0.25) is 0 Å². The SMILES string of the molecule is CCC(CC)NC(=O)CSc1nc2ccccc2c(=O)n1-c1ccc(C)cn1. The summed E-state index contributed by atoms with van der Waals surface area (Å²) in [6, 6.07) is 11.1. The number of nitrogens with one attached hydrogen (secondary N) is 1. The molecule has 0 saturated carbocycles. The molecule has 146 valence electrons. The lowest BCUT2D eigenvalue weighted by molar-refractivity contribution is -0.119. The second-order valence-corrected chi connectivity index (χ2v) is 7.56. The van der Waals surface area contributed by atoms with Crippen molar-refractivity contribution in [2.45, 2.75) is 44.8 Å². The quantitative estimate of drug-likeness (QED) is 0.489. The largest absolute Gasteiger partial charge is 0.353 e. The van der Waals surface area contributed by atoms with E-state index in [-0.39, 0.29) is 23.3 Å². The van der Waals surface area contributed by atoms with Crippen molar-refractivity contribution in [3.8, 4) is 5.82 Å². The number of fused-ring (bicyclic) bond motifs is 1. The summed E-state index contributed by atoms with van der Waals surface area (Å²) in [5, 5.41) is 4.00. The maximum Gasteiger partial charge on any atom is 0.267 e. The van der Waals surface area contributed by atoms with Crippen LogP contribution in [-0.2, 0) is 4.79 Å². The Labute approximate surface area is 168 Å². The number of benzene rings is 1. The average Bonchev–Trinajstić information content (AvgIpc) is 2.71. The first-order chi connectivity index (χ1) is 13.5. The standard InChI is InChI=1S/C21H24N4O2S/c1-4-15(5-2)23-19(26)13-28-21-24-17-9-7-6-8-16(17)20(27)25(21)18-11-10-14(3)12-22-18/h6-12,15H,4-5,13H2,1-3H3,(H,23,26). The molecule has 6 nitrogen and oxygen atoms in total. The van der Waals surface area contributed by atoms with Gasteiger partial charge in [-0.1, -0.05) is 43.8 Å². The number of para-hydroxylation sites is 1. The Morgan fingerprint density at radius 1 is 1.18 bits per heavy atom. The van der Waals surface area contributed by atoms with Gasteiger partial charge in [0.15, 0.2) is 5.16 Å². The Balaban J connectivity index is 1.98. The van der Waals surface area contributed by atoms with Gasteiger partial charge in [0.2, 0.25) is 5.91 Å². The topological polar surface area (TPSA) is 76.9 Å². The number of thioether (sulfide) groups is 1. The van der Waals surface area contributed by atoms with Gasteiger partial charge in [-0.2, -0.15) is 0 Å². The summed E-state index contributed by atoms with van der Waals surface area (Å²) in [4.78, 5) is 34.5. The van der Waals surface area contributed by atoms with Crippen LogP contribution in [0.25, 0.3) is 16.7 Å². The van der Waals surface area contributed by atoms with Crippen LogP contribution in [0.4, 0.5) is 0 Å². The van der Waals surface area contributed by atoms with Crippen molar-refractivity contribution in [1.82, 2.24) is 19.9 Å². The molecular weight excluding hydrogens is 372 g/mol. The number of pyridine rings is 1. The van der Waals surface area contributed by atoms with E-state index in [0.29, 0.717) is 21.9 Å². The molecule has 0 aliphatic rings. The zero-order valence-electron chi connectivity index (χ0n) is 16.3. The molecular formula is C21H24N4O2S. The van der Waals surface area contributed by atoms with Crippen LogP contribution in [0.1, 0.15) is 32.3 Å². The number of aryl methyl sites for hydroxylation is 1. The van der Waals surface area contributed by atoms with Gasteiger partial charge in [0.05, 0.1) is 16.7 Å². The average molecular weight is 397 g/mol. The molecule has 0 bridgehead atoms. The Bertz CT molecular complexity index is 1030. The Morgan fingerprint density at radius 3 is 2.61 bits per heavy atom. The third-order valence-electron chi connectivity index (χ3n) is 4.55. The lowest BCUT2D eigenvalue weighted by Gasteiger charge is -2.15. The fourth-order valence-corrected chi connectivity index (χ4v) is 3.71. The number of hydrogen-bond acceptors (Lipinski definition) is 5. The van der Waals surface area contributed by atoms with Crippen LogP contribution >= 0.6 is 11.8 Å². The molecule has 0 radical (unpaired) electrons. The molecule has 0 aliphatic heterocycles. The fourth-order valence-electron chi connectivity index (χ4n) is 2.90. The Morgan fingerprint density at radius 2 is 1.93 bits per heavy atom. The van der Waals surface area contributed by atoms with Crippen molar-refractivity contribution >= 4 is 28.6 Å². The van der Waals surface area contributed by atoms with E-state index < -0.39 is 0 Å². The number of rotatable bonds is 7. The molecule has 0 unspecified atom stereocenters. The molecule has 0 fully saturated rings. The van der Waals surface area contributed by atoms with Gasteiger partial charge in [0.25, 0.3) is 5.56 Å². The first-order valence-corrected chi connectivity index (χ1v) is 10.4. The maximum atomic E-state index is 13.1. The lowest BCUT2D eigenvalue weighted by Crippen LogP contribution is -2.35. The van der Waals surface area contributed by atoms with Gasteiger partial charge in [0, 0.05) is 12.2 Å². The highest BCUT2D eigenvalue weighted by molar-refractivity contribution is 7.99. The lowest BCUT2D eigenvalue weighted by atomic mass is 10.2. The predicted molar refractivity (Wildman–Crippen MR) is 113 cm³/mol. The summed E-state index contributed by atoms with van der Waals surface area (Å²) >= 11 is 1.25. The minimum absolute atomic E-state index is 0.0653. The molecule has 0 spiro atoms. The van der Waals surface area contributed by atoms with Crippen LogP contribution in [0.3, 0.4) is 0 Å². The number of aromatic nitrogens is 3. The first-order valence-electron chi connectivity index (χ1n) is 9.40. The number of nitrogens with zero attached hydrogens (tertiary/aromatic N) is 3. The van der Waals surface area contributed by atoms with E-state index in [1.54, 1.807) is 24.4 Å². The first kappa shape index (κ1) is 20.1. The summed E-state index contributed by atoms with van der Waals surface area (Å²) in [6.45, 7) is 6.04. The number of carbonyl (C=O) groups excluding carboxylic acids is 1. The molecule has 0 aliphatic carbocycles. The van der Waals surface area contributed by atoms with E-state index in [4.69, 9.17) is 0 Å². The van der Waals surface area contributed by atoms with E-state index >= 15 is 0 Å². The molecule has 3 rings (SSSR count). The van der Waals surface area contributed by atoms with Gasteiger partial charge in [0.1, 0.15) is 5.82 Å². The van der Waals surface area contributed by atoms with Gasteiger partial charge in [-0.15, -0.1) is 0 Å². The molecule has 3 aromatic rings. The Hall–Kier alpha value is -2.67. The highest BCUT2D eigenvalue weighted by Gasteiger charge is 2.16. The third-order valence-corrected chi connectivity index (χ3v) is 5.49. The monoisotopic (exact) mass is 396 g/mol. The number of amides is 1. The van der Waals surface area contributed by atoms with Crippen molar-refractivity contribution in [3.05, 3.63) is 58.5 Å². The van der Waals surface area contributed by atoms with Gasteiger partial charge >= 0.3 is 0 Å². The minimum atomic E-state index is -0.190. The van der Waals surface area contributed by atoms with Crippen molar-refractivity contribution in [3.63, 3.8) is 0 Å². The molecule has 2 aromatic heterocycles. The van der Waals surface area contributed by atoms with Crippen LogP contribution < -0.4 is 10.9 Å². The molecule has 28 heavy (non-hydrogen) atoms. The normalized spacial score (nSPS) is 11.1. The maximum absolute atomic E-state index is 13.1. The second kappa shape index (κ2) is 9.01. The molecule has 1 amide bonds. The number of hydrogen-bond donors (Lipinski definition) is 1. The summed E-state index contributed by atoms with van der Waals surface area (Å²) < 4.78 is 1.48. The van der Waals surface area contributed by atoms with Crippen LogP contribution in [0.15, 0.2) is 52.5 Å². The highest BCUT2D eigenvalue weighted by atomic mass is 32.2. The van der Waals surface area contributed by atoms with Gasteiger partial charge in [-0.25, -0.2) is 14.5 Å². The predicted octanol–water partition coefficient (Wildman–Crippen LogP) is 3.49. The van der Waals surface area contributed by atoms with E-state index in [1.807, 2.05) is 39.0 Å². The number of carbonyl (C=O) groups is 1. The molecule has 1 N–H and O–H groups in total. The molecule has 0 saturated heterocycles. The smallest absolute Gasteiger partial charge is 0.267 e. The summed E-state index contributed by atoms with van der Waals surface area (Å²) in [6.07, 6.45) is 3.49. The second-order valence-electron chi connectivity index (χ2n) is 6.62.